The maximum absolute atomic E-state index is 6.12. The lowest BCUT2D eigenvalue weighted by atomic mass is 10.1. The van der Waals surface area contributed by atoms with Gasteiger partial charge in [-0.1, -0.05) is 18.2 Å². The van der Waals surface area contributed by atoms with E-state index < -0.39 is 0 Å². The van der Waals surface area contributed by atoms with E-state index in [1.54, 1.807) is 0 Å². The Kier molecular flexibility index (Phi) is 6.81. The van der Waals surface area contributed by atoms with Crippen molar-refractivity contribution in [2.45, 2.75) is 33.6 Å². The molecule has 0 heterocycles. The van der Waals surface area contributed by atoms with Gasteiger partial charge < -0.3 is 9.64 Å². The third kappa shape index (κ3) is 5.49. The Morgan fingerprint density at radius 1 is 1.16 bits per heavy atom. The number of ether oxygens (including phenoxy) is 1. The van der Waals surface area contributed by atoms with Gasteiger partial charge >= 0.3 is 0 Å². The number of hydrogen-bond acceptors (Lipinski definition) is 2. The van der Waals surface area contributed by atoms with Gasteiger partial charge in [-0.15, -0.1) is 6.58 Å². The van der Waals surface area contributed by atoms with Crippen LogP contribution in [-0.4, -0.2) is 24.8 Å². The lowest BCUT2D eigenvalue weighted by molar-refractivity contribution is 0.478. The molecule has 0 spiro atoms. The van der Waals surface area contributed by atoms with Gasteiger partial charge in [0, 0.05) is 13.6 Å². The predicted octanol–water partition coefficient (Wildman–Crippen LogP) is 5.83. The van der Waals surface area contributed by atoms with E-state index in [0.717, 1.165) is 47.7 Å². The SMILES string of the molecule is C=CCCc1cccc(Oc2cc(C)c(N=CN(C)CC)cc2C)c1. The van der Waals surface area contributed by atoms with Crippen molar-refractivity contribution in [3.63, 3.8) is 0 Å². The van der Waals surface area contributed by atoms with Crippen molar-refractivity contribution >= 4 is 12.0 Å². The van der Waals surface area contributed by atoms with Crippen molar-refractivity contribution < 1.29 is 4.74 Å². The van der Waals surface area contributed by atoms with Gasteiger partial charge in [0.1, 0.15) is 11.5 Å². The molecule has 2 aromatic carbocycles. The van der Waals surface area contributed by atoms with Crippen LogP contribution in [0.3, 0.4) is 0 Å². The fourth-order valence-electron chi connectivity index (χ4n) is 2.43. The number of aliphatic imine (C=N–C) groups is 1. The van der Waals surface area contributed by atoms with E-state index in [2.05, 4.69) is 56.6 Å². The van der Waals surface area contributed by atoms with Crippen LogP contribution >= 0.6 is 0 Å². The zero-order valence-electron chi connectivity index (χ0n) is 15.7. The van der Waals surface area contributed by atoms with Crippen LogP contribution in [0.1, 0.15) is 30.0 Å². The maximum Gasteiger partial charge on any atom is 0.130 e. The highest BCUT2D eigenvalue weighted by Crippen LogP contribution is 2.31. The van der Waals surface area contributed by atoms with Crippen molar-refractivity contribution in [1.82, 2.24) is 4.90 Å². The molecule has 132 valence electrons. The van der Waals surface area contributed by atoms with E-state index in [9.17, 15) is 0 Å². The molecule has 2 aromatic rings. The molecule has 0 N–H and O–H groups in total. The Bertz CT molecular complexity index is 750. The lowest BCUT2D eigenvalue weighted by Crippen LogP contribution is -2.14. The number of nitrogens with zero attached hydrogens (tertiary/aromatic N) is 2. The standard InChI is InChI=1S/C22H28N2O/c1-6-8-10-19-11-9-12-20(15-19)25-22-14-17(3)21(13-18(22)4)23-16-24(5)7-2/h6,9,11-16H,1,7-8,10H2,2-5H3. The van der Waals surface area contributed by atoms with Crippen molar-refractivity contribution in [3.8, 4) is 11.5 Å². The first-order valence-electron chi connectivity index (χ1n) is 8.76. The average molecular weight is 336 g/mol. The molecule has 0 aromatic heterocycles. The molecular weight excluding hydrogens is 308 g/mol. The molecule has 0 aliphatic heterocycles. The third-order valence-corrected chi connectivity index (χ3v) is 4.15. The Morgan fingerprint density at radius 2 is 1.96 bits per heavy atom. The number of hydrogen-bond donors (Lipinski definition) is 0. The Morgan fingerprint density at radius 3 is 2.68 bits per heavy atom. The molecule has 0 aliphatic rings. The van der Waals surface area contributed by atoms with E-state index in [0.29, 0.717) is 0 Å². The molecule has 0 amide bonds. The second-order valence-electron chi connectivity index (χ2n) is 6.30. The van der Waals surface area contributed by atoms with Gasteiger partial charge in [-0.2, -0.15) is 0 Å². The number of allylic oxidation sites excluding steroid dienone is 1. The molecule has 3 heteroatoms. The van der Waals surface area contributed by atoms with E-state index in [1.807, 2.05) is 36.5 Å². The number of benzene rings is 2. The molecule has 0 saturated heterocycles. The molecule has 0 saturated carbocycles. The minimum absolute atomic E-state index is 0.867. The van der Waals surface area contributed by atoms with Gasteiger partial charge in [0.15, 0.2) is 0 Å². The fraction of sp³-hybridized carbons (Fsp3) is 0.318. The van der Waals surface area contributed by atoms with Crippen LogP contribution in [0.2, 0.25) is 0 Å². The molecule has 0 atom stereocenters. The topological polar surface area (TPSA) is 24.8 Å². The maximum atomic E-state index is 6.12. The second-order valence-corrected chi connectivity index (χ2v) is 6.30. The summed E-state index contributed by atoms with van der Waals surface area (Å²) in [5.74, 6) is 1.74. The molecule has 0 bridgehead atoms. The van der Waals surface area contributed by atoms with E-state index >= 15 is 0 Å². The summed E-state index contributed by atoms with van der Waals surface area (Å²) in [6, 6.07) is 12.4. The zero-order valence-corrected chi connectivity index (χ0v) is 15.7. The van der Waals surface area contributed by atoms with Crippen molar-refractivity contribution in [2.75, 3.05) is 13.6 Å². The molecule has 0 radical (unpaired) electrons. The lowest BCUT2D eigenvalue weighted by Gasteiger charge is -2.13. The minimum Gasteiger partial charge on any atom is -0.457 e. The van der Waals surface area contributed by atoms with Crippen LogP contribution in [0.25, 0.3) is 0 Å². The summed E-state index contributed by atoms with van der Waals surface area (Å²) >= 11 is 0. The van der Waals surface area contributed by atoms with Crippen LogP contribution in [0, 0.1) is 13.8 Å². The number of aryl methyl sites for hydroxylation is 3. The molecule has 25 heavy (non-hydrogen) atoms. The van der Waals surface area contributed by atoms with Crippen molar-refractivity contribution in [3.05, 3.63) is 65.7 Å². The summed E-state index contributed by atoms with van der Waals surface area (Å²) < 4.78 is 6.12. The van der Waals surface area contributed by atoms with Crippen molar-refractivity contribution in [1.29, 1.82) is 0 Å². The van der Waals surface area contributed by atoms with Crippen LogP contribution in [0.4, 0.5) is 5.69 Å². The van der Waals surface area contributed by atoms with Crippen molar-refractivity contribution in [2.24, 2.45) is 4.99 Å². The van der Waals surface area contributed by atoms with Crippen LogP contribution < -0.4 is 4.74 Å². The van der Waals surface area contributed by atoms with E-state index in [-0.39, 0.29) is 0 Å². The summed E-state index contributed by atoms with van der Waals surface area (Å²) in [6.07, 6.45) is 5.76. The van der Waals surface area contributed by atoms with Crippen LogP contribution in [0.5, 0.6) is 11.5 Å². The Hall–Kier alpha value is -2.55. The van der Waals surface area contributed by atoms with Crippen LogP contribution in [0.15, 0.2) is 54.0 Å². The molecule has 0 aliphatic carbocycles. The summed E-state index contributed by atoms with van der Waals surface area (Å²) in [4.78, 5) is 6.62. The fourth-order valence-corrected chi connectivity index (χ4v) is 2.43. The van der Waals surface area contributed by atoms with E-state index in [4.69, 9.17) is 4.74 Å². The Balaban J connectivity index is 2.19. The van der Waals surface area contributed by atoms with Gasteiger partial charge in [0.05, 0.1) is 12.0 Å². The summed E-state index contributed by atoms with van der Waals surface area (Å²) in [5.41, 5.74) is 4.41. The highest BCUT2D eigenvalue weighted by Gasteiger charge is 2.07. The smallest absolute Gasteiger partial charge is 0.130 e. The highest BCUT2D eigenvalue weighted by atomic mass is 16.5. The first kappa shape index (κ1) is 18.8. The first-order chi connectivity index (χ1) is 12.0. The normalized spacial score (nSPS) is 10.9. The van der Waals surface area contributed by atoms with Gasteiger partial charge in [-0.25, -0.2) is 4.99 Å². The quantitative estimate of drug-likeness (QED) is 0.344. The van der Waals surface area contributed by atoms with Gasteiger partial charge in [0.2, 0.25) is 0 Å². The first-order valence-corrected chi connectivity index (χ1v) is 8.76. The molecular formula is C22H28N2O. The van der Waals surface area contributed by atoms with Crippen LogP contribution in [-0.2, 0) is 6.42 Å². The van der Waals surface area contributed by atoms with Gasteiger partial charge in [-0.05, 0) is 74.6 Å². The van der Waals surface area contributed by atoms with E-state index in [1.165, 1.54) is 5.56 Å². The van der Waals surface area contributed by atoms with Gasteiger partial charge in [-0.3, -0.25) is 0 Å². The summed E-state index contributed by atoms with van der Waals surface area (Å²) in [6.45, 7) is 10.9. The summed E-state index contributed by atoms with van der Waals surface area (Å²) in [5, 5.41) is 0. The monoisotopic (exact) mass is 336 g/mol. The average Bonchev–Trinajstić information content (AvgIpc) is 2.61. The zero-order chi connectivity index (χ0) is 18.2. The summed E-state index contributed by atoms with van der Waals surface area (Å²) in [7, 11) is 2.02. The highest BCUT2D eigenvalue weighted by molar-refractivity contribution is 5.64. The molecule has 2 rings (SSSR count). The second kappa shape index (κ2) is 9.07. The molecule has 0 unspecified atom stereocenters. The molecule has 3 nitrogen and oxygen atoms in total. The Labute approximate surface area is 151 Å². The third-order valence-electron chi connectivity index (χ3n) is 4.15. The predicted molar refractivity (Wildman–Crippen MR) is 107 cm³/mol. The minimum atomic E-state index is 0.867. The van der Waals surface area contributed by atoms with Gasteiger partial charge in [0.25, 0.3) is 0 Å². The number of rotatable bonds is 8. The molecule has 0 fully saturated rings. The largest absolute Gasteiger partial charge is 0.457 e.